The van der Waals surface area contributed by atoms with Crippen LogP contribution in [0.3, 0.4) is 0 Å². The van der Waals surface area contributed by atoms with Crippen LogP contribution in [0.15, 0.2) is 48.5 Å². The first-order valence-corrected chi connectivity index (χ1v) is 13.9. The van der Waals surface area contributed by atoms with Gasteiger partial charge in [0.25, 0.3) is 5.91 Å². The molecule has 4 aliphatic rings. The number of anilines is 3. The van der Waals surface area contributed by atoms with Gasteiger partial charge < -0.3 is 35.6 Å². The molecule has 12 nitrogen and oxygen atoms in total. The molecule has 4 N–H and O–H groups in total. The molecule has 0 unspecified atom stereocenters. The number of aromatic nitrogens is 3. The summed E-state index contributed by atoms with van der Waals surface area (Å²) in [5.74, 6) is 0.267. The van der Waals surface area contributed by atoms with Crippen molar-refractivity contribution in [3.8, 4) is 11.8 Å². The summed E-state index contributed by atoms with van der Waals surface area (Å²) in [6.07, 6.45) is -3.99. The Hall–Kier alpha value is -4.82. The number of nitrogens with zero attached hydrogens (tertiary/aromatic N) is 4. The number of rotatable bonds is 2. The third kappa shape index (κ3) is 9.88. The van der Waals surface area contributed by atoms with E-state index in [4.69, 9.17) is 9.47 Å². The minimum absolute atomic E-state index is 0.00580. The van der Waals surface area contributed by atoms with Gasteiger partial charge in [-0.2, -0.15) is 28.1 Å². The molecule has 6 bridgehead atoms. The van der Waals surface area contributed by atoms with Crippen molar-refractivity contribution >= 4 is 29.5 Å². The molecule has 0 aliphatic carbocycles. The highest BCUT2D eigenvalue weighted by atomic mass is 19.4. The lowest BCUT2D eigenvalue weighted by Gasteiger charge is -2.32. The molecule has 236 valence electrons. The number of halogens is 3. The summed E-state index contributed by atoms with van der Waals surface area (Å²) >= 11 is 0. The van der Waals surface area contributed by atoms with E-state index < -0.39 is 24.2 Å². The Labute approximate surface area is 252 Å². The maximum absolute atomic E-state index is 12.9. The molecule has 0 atom stereocenters. The molecular formula is C29H35F3N8O4. The largest absolute Gasteiger partial charge is 0.494 e. The number of hydrogen-bond acceptors (Lipinski definition) is 9. The number of alkyl halides is 3. The van der Waals surface area contributed by atoms with E-state index in [1.807, 2.05) is 26.0 Å². The highest BCUT2D eigenvalue weighted by Gasteiger charge is 2.29. The zero-order valence-corrected chi connectivity index (χ0v) is 24.6. The second-order valence-electron chi connectivity index (χ2n) is 10.9. The van der Waals surface area contributed by atoms with Crippen molar-refractivity contribution in [2.45, 2.75) is 33.0 Å². The molecule has 44 heavy (non-hydrogen) atoms. The fraction of sp³-hybridized carbons (Fsp3) is 0.414. The lowest BCUT2D eigenvalue weighted by Crippen LogP contribution is -2.47. The number of urea groups is 1. The van der Waals surface area contributed by atoms with Crippen molar-refractivity contribution in [1.29, 1.82) is 0 Å². The fourth-order valence-corrected chi connectivity index (χ4v) is 4.27. The topological polar surface area (TPSA) is 143 Å². The lowest BCUT2D eigenvalue weighted by atomic mass is 9.92. The predicted molar refractivity (Wildman–Crippen MR) is 157 cm³/mol. The number of ether oxygens (including phenoxy) is 2. The Morgan fingerprint density at radius 2 is 1.75 bits per heavy atom. The van der Waals surface area contributed by atoms with E-state index in [0.717, 1.165) is 5.56 Å². The maximum atomic E-state index is 12.9. The Bertz CT molecular complexity index is 1420. The lowest BCUT2D eigenvalue weighted by molar-refractivity contribution is -0.154. The highest BCUT2D eigenvalue weighted by molar-refractivity contribution is 5.94. The summed E-state index contributed by atoms with van der Waals surface area (Å²) in [7, 11) is 1.58. The van der Waals surface area contributed by atoms with Crippen LogP contribution in [0, 0.1) is 5.41 Å². The number of benzene rings is 2. The van der Waals surface area contributed by atoms with Crippen LogP contribution in [-0.4, -0.2) is 77.9 Å². The average molecular weight is 617 g/mol. The van der Waals surface area contributed by atoms with Crippen LogP contribution in [0.25, 0.3) is 0 Å². The average Bonchev–Trinajstić information content (AvgIpc) is 2.99. The van der Waals surface area contributed by atoms with E-state index >= 15 is 0 Å². The van der Waals surface area contributed by atoms with E-state index in [1.54, 1.807) is 48.3 Å². The minimum Gasteiger partial charge on any atom is -0.494 e. The Balaban J connectivity index is 1.58. The van der Waals surface area contributed by atoms with E-state index in [9.17, 15) is 22.8 Å². The van der Waals surface area contributed by atoms with Gasteiger partial charge in [0.15, 0.2) is 6.61 Å². The van der Waals surface area contributed by atoms with Crippen LogP contribution >= 0.6 is 0 Å². The summed E-state index contributed by atoms with van der Waals surface area (Å²) < 4.78 is 49.0. The van der Waals surface area contributed by atoms with Gasteiger partial charge in [-0.1, -0.05) is 26.0 Å². The molecule has 0 radical (unpaired) electrons. The Morgan fingerprint density at radius 1 is 1.05 bits per heavy atom. The van der Waals surface area contributed by atoms with Crippen molar-refractivity contribution in [2.75, 3.05) is 50.5 Å². The normalized spacial score (nSPS) is 16.0. The fourth-order valence-electron chi connectivity index (χ4n) is 4.27. The first-order chi connectivity index (χ1) is 20.9. The Kier molecular flexibility index (Phi) is 10.3. The van der Waals surface area contributed by atoms with Gasteiger partial charge in [-0.3, -0.25) is 4.79 Å². The molecule has 0 saturated carbocycles. The Morgan fingerprint density at radius 3 is 2.43 bits per heavy atom. The zero-order valence-electron chi connectivity index (χ0n) is 24.6. The molecule has 3 amide bonds. The molecule has 3 aromatic rings. The molecule has 0 fully saturated rings. The van der Waals surface area contributed by atoms with Crippen LogP contribution in [0.4, 0.5) is 35.5 Å². The molecule has 0 saturated heterocycles. The van der Waals surface area contributed by atoms with E-state index in [1.165, 1.54) is 0 Å². The van der Waals surface area contributed by atoms with Gasteiger partial charge in [0.1, 0.15) is 5.75 Å². The van der Waals surface area contributed by atoms with Gasteiger partial charge >= 0.3 is 18.2 Å². The summed E-state index contributed by atoms with van der Waals surface area (Å²) in [5, 5.41) is 11.5. The van der Waals surface area contributed by atoms with Crippen LogP contribution in [0.5, 0.6) is 11.8 Å². The van der Waals surface area contributed by atoms with Crippen LogP contribution in [0.2, 0.25) is 0 Å². The number of hydrogen-bond donors (Lipinski definition) is 4. The first kappa shape index (κ1) is 32.1. The maximum Gasteiger partial charge on any atom is 0.422 e. The van der Waals surface area contributed by atoms with Crippen LogP contribution < -0.4 is 30.7 Å². The van der Waals surface area contributed by atoms with Gasteiger partial charge in [0.05, 0.1) is 6.61 Å². The van der Waals surface area contributed by atoms with Crippen LogP contribution in [-0.2, 0) is 6.54 Å². The zero-order chi connectivity index (χ0) is 31.7. The molecule has 15 heteroatoms. The SMILES string of the molecule is CNC(=O)N1CCCOc2ccc(cc2)CNc2nc(nc(OCC(F)(F)F)n2)Nc2ccc(cc2)C(=O)NCC(C)(C)C1. The van der Waals surface area contributed by atoms with Gasteiger partial charge in [-0.25, -0.2) is 4.79 Å². The third-order valence-electron chi connectivity index (χ3n) is 6.45. The number of carbonyl (C=O) groups excluding carboxylic acids is 2. The number of amides is 3. The van der Waals surface area contributed by atoms with E-state index in [-0.39, 0.29) is 30.4 Å². The minimum atomic E-state index is -4.58. The van der Waals surface area contributed by atoms with Crippen molar-refractivity contribution in [2.24, 2.45) is 5.41 Å². The standard InChI is InChI=1S/C29H35F3N8O4/c1-28(2)16-35-23(41)20-7-9-21(10-8-20)36-25-37-24(38-26(39-25)44-18-29(30,31)32)34-15-19-5-11-22(12-6-19)43-14-4-13-40(17-28)27(42)33-3/h5-12H,4,13-18H2,1-3H3,(H,33,42)(H,35,41)(H2,34,36,37,38,39). The van der Waals surface area contributed by atoms with Gasteiger partial charge in [0.2, 0.25) is 11.9 Å². The second-order valence-corrected chi connectivity index (χ2v) is 10.9. The monoisotopic (exact) mass is 616 g/mol. The van der Waals surface area contributed by atoms with E-state index in [2.05, 4.69) is 36.2 Å². The quantitative estimate of drug-likeness (QED) is 0.331. The van der Waals surface area contributed by atoms with Crippen molar-refractivity contribution in [3.05, 3.63) is 59.7 Å². The van der Waals surface area contributed by atoms with Gasteiger partial charge in [-0.15, -0.1) is 0 Å². The molecule has 2 aromatic carbocycles. The van der Waals surface area contributed by atoms with Crippen molar-refractivity contribution in [3.63, 3.8) is 0 Å². The highest BCUT2D eigenvalue weighted by Crippen LogP contribution is 2.22. The summed E-state index contributed by atoms with van der Waals surface area (Å²) in [5.41, 5.74) is 1.26. The molecule has 0 spiro atoms. The predicted octanol–water partition coefficient (Wildman–Crippen LogP) is 4.35. The summed E-state index contributed by atoms with van der Waals surface area (Å²) in [6, 6.07) is 12.9. The van der Waals surface area contributed by atoms with Crippen LogP contribution in [0.1, 0.15) is 36.2 Å². The number of carbonyl (C=O) groups is 2. The molecule has 7 rings (SSSR count). The molecule has 1 aromatic heterocycles. The summed E-state index contributed by atoms with van der Waals surface area (Å²) in [6.45, 7) is 4.15. The van der Waals surface area contributed by atoms with Gasteiger partial charge in [-0.05, 0) is 53.8 Å². The molecule has 4 aliphatic heterocycles. The first-order valence-electron chi connectivity index (χ1n) is 13.9. The van der Waals surface area contributed by atoms with Crippen molar-refractivity contribution < 1.29 is 32.2 Å². The summed E-state index contributed by atoms with van der Waals surface area (Å²) in [4.78, 5) is 39.3. The number of nitrogens with one attached hydrogen (secondary N) is 4. The van der Waals surface area contributed by atoms with E-state index in [0.29, 0.717) is 49.7 Å². The smallest absolute Gasteiger partial charge is 0.422 e. The second kappa shape index (κ2) is 14.1. The molecular weight excluding hydrogens is 581 g/mol. The molecule has 5 heterocycles. The van der Waals surface area contributed by atoms with Crippen molar-refractivity contribution in [1.82, 2.24) is 30.5 Å². The third-order valence-corrected chi connectivity index (χ3v) is 6.45. The van der Waals surface area contributed by atoms with Gasteiger partial charge in [0, 0.05) is 44.5 Å².